The van der Waals surface area contributed by atoms with Gasteiger partial charge in [-0.15, -0.1) is 0 Å². The highest BCUT2D eigenvalue weighted by molar-refractivity contribution is 6.31. The lowest BCUT2D eigenvalue weighted by Gasteiger charge is -2.13. The van der Waals surface area contributed by atoms with Crippen LogP contribution in [0.2, 0.25) is 5.02 Å². The summed E-state index contributed by atoms with van der Waals surface area (Å²) < 4.78 is 0. The number of hydrogen-bond donors (Lipinski definition) is 2. The van der Waals surface area contributed by atoms with Gasteiger partial charge in [0.15, 0.2) is 0 Å². The summed E-state index contributed by atoms with van der Waals surface area (Å²) in [6, 6.07) is 7.66. The number of halogens is 1. The Bertz CT molecular complexity index is 611. The molecular weight excluding hydrogens is 272 g/mol. The molecule has 1 heterocycles. The lowest BCUT2D eigenvalue weighted by molar-refractivity contribution is 0.778. The highest BCUT2D eigenvalue weighted by Crippen LogP contribution is 2.26. The molecule has 0 saturated heterocycles. The fourth-order valence-corrected chi connectivity index (χ4v) is 1.97. The van der Waals surface area contributed by atoms with Crippen LogP contribution in [0, 0.1) is 6.92 Å². The van der Waals surface area contributed by atoms with Crippen LogP contribution in [0.4, 0.5) is 17.3 Å². The Hall–Kier alpha value is -1.81. The smallest absolute Gasteiger partial charge is 0.136 e. The summed E-state index contributed by atoms with van der Waals surface area (Å²) in [6.45, 7) is 6.13. The lowest BCUT2D eigenvalue weighted by atomic mass is 10.2. The zero-order valence-corrected chi connectivity index (χ0v) is 12.9. The average molecular weight is 291 g/mol. The lowest BCUT2D eigenvalue weighted by Crippen LogP contribution is -2.05. The number of benzene rings is 1. The van der Waals surface area contributed by atoms with Gasteiger partial charge < -0.3 is 10.6 Å². The summed E-state index contributed by atoms with van der Waals surface area (Å²) in [5.41, 5.74) is 1.96. The van der Waals surface area contributed by atoms with E-state index in [-0.39, 0.29) is 5.92 Å². The third kappa shape index (κ3) is 3.20. The van der Waals surface area contributed by atoms with E-state index in [2.05, 4.69) is 34.4 Å². The summed E-state index contributed by atoms with van der Waals surface area (Å²) in [5, 5.41) is 7.10. The van der Waals surface area contributed by atoms with E-state index >= 15 is 0 Å². The standard InChI is InChI=1S/C15H19ClN4/c1-9(2)15-19-13(17-4)8-14(20-15)18-12-7-5-6-11(16)10(12)3/h5-9H,1-4H3,(H2,17,18,19,20). The van der Waals surface area contributed by atoms with Gasteiger partial charge in [0.05, 0.1) is 0 Å². The molecule has 1 aromatic heterocycles. The van der Waals surface area contributed by atoms with Crippen molar-refractivity contribution >= 4 is 28.9 Å². The maximum atomic E-state index is 6.14. The first kappa shape index (κ1) is 14.6. The van der Waals surface area contributed by atoms with E-state index in [1.807, 2.05) is 38.2 Å². The first-order valence-corrected chi connectivity index (χ1v) is 6.98. The molecule has 0 aliphatic carbocycles. The Morgan fingerprint density at radius 3 is 2.50 bits per heavy atom. The van der Waals surface area contributed by atoms with Crippen molar-refractivity contribution in [1.29, 1.82) is 0 Å². The average Bonchev–Trinajstić information content (AvgIpc) is 2.43. The quantitative estimate of drug-likeness (QED) is 0.879. The van der Waals surface area contributed by atoms with Gasteiger partial charge in [-0.3, -0.25) is 0 Å². The Balaban J connectivity index is 2.37. The molecule has 0 atom stereocenters. The van der Waals surface area contributed by atoms with E-state index in [9.17, 15) is 0 Å². The zero-order chi connectivity index (χ0) is 14.7. The van der Waals surface area contributed by atoms with Crippen LogP contribution in [0.5, 0.6) is 0 Å². The Labute approximate surface area is 124 Å². The molecule has 0 spiro atoms. The van der Waals surface area contributed by atoms with E-state index in [0.717, 1.165) is 33.7 Å². The van der Waals surface area contributed by atoms with Crippen molar-refractivity contribution in [1.82, 2.24) is 9.97 Å². The molecule has 20 heavy (non-hydrogen) atoms. The monoisotopic (exact) mass is 290 g/mol. The van der Waals surface area contributed by atoms with Crippen molar-refractivity contribution < 1.29 is 0 Å². The third-order valence-electron chi connectivity index (χ3n) is 3.05. The molecule has 0 unspecified atom stereocenters. The van der Waals surface area contributed by atoms with Gasteiger partial charge in [-0.05, 0) is 24.6 Å². The second kappa shape index (κ2) is 6.09. The molecule has 0 bridgehead atoms. The molecule has 4 nitrogen and oxygen atoms in total. The summed E-state index contributed by atoms with van der Waals surface area (Å²) >= 11 is 6.14. The minimum atomic E-state index is 0.268. The first-order chi connectivity index (χ1) is 9.51. The number of hydrogen-bond acceptors (Lipinski definition) is 4. The second-order valence-electron chi connectivity index (χ2n) is 4.94. The highest BCUT2D eigenvalue weighted by Gasteiger charge is 2.09. The number of rotatable bonds is 4. The molecule has 0 radical (unpaired) electrons. The Morgan fingerprint density at radius 1 is 1.15 bits per heavy atom. The minimum Gasteiger partial charge on any atom is -0.373 e. The van der Waals surface area contributed by atoms with E-state index in [1.165, 1.54) is 0 Å². The number of nitrogens with zero attached hydrogens (tertiary/aromatic N) is 2. The summed E-state index contributed by atoms with van der Waals surface area (Å²) in [7, 11) is 1.85. The second-order valence-corrected chi connectivity index (χ2v) is 5.35. The van der Waals surface area contributed by atoms with Gasteiger partial charge >= 0.3 is 0 Å². The molecule has 0 aliphatic heterocycles. The minimum absolute atomic E-state index is 0.268. The predicted molar refractivity (Wildman–Crippen MR) is 85.1 cm³/mol. The van der Waals surface area contributed by atoms with Crippen LogP contribution in [0.3, 0.4) is 0 Å². The largest absolute Gasteiger partial charge is 0.373 e. The van der Waals surface area contributed by atoms with E-state index in [1.54, 1.807) is 0 Å². The van der Waals surface area contributed by atoms with Crippen molar-refractivity contribution in [2.24, 2.45) is 0 Å². The van der Waals surface area contributed by atoms with Crippen molar-refractivity contribution in [3.05, 3.63) is 40.7 Å². The van der Waals surface area contributed by atoms with Crippen LogP contribution in [0.25, 0.3) is 0 Å². The number of anilines is 3. The third-order valence-corrected chi connectivity index (χ3v) is 3.46. The molecule has 2 aromatic rings. The first-order valence-electron chi connectivity index (χ1n) is 6.60. The molecule has 5 heteroatoms. The summed E-state index contributed by atoms with van der Waals surface area (Å²) in [5.74, 6) is 2.63. The Kier molecular flexibility index (Phi) is 4.45. The van der Waals surface area contributed by atoms with E-state index < -0.39 is 0 Å². The van der Waals surface area contributed by atoms with Gasteiger partial charge in [-0.1, -0.05) is 31.5 Å². The van der Waals surface area contributed by atoms with Crippen molar-refractivity contribution in [3.63, 3.8) is 0 Å². The predicted octanol–water partition coefficient (Wildman–Crippen LogP) is 4.35. The van der Waals surface area contributed by atoms with Crippen molar-refractivity contribution in [3.8, 4) is 0 Å². The van der Waals surface area contributed by atoms with Gasteiger partial charge in [0.1, 0.15) is 17.5 Å². The Morgan fingerprint density at radius 2 is 1.85 bits per heavy atom. The summed E-state index contributed by atoms with van der Waals surface area (Å²) in [4.78, 5) is 8.99. The molecule has 1 aromatic carbocycles. The number of aromatic nitrogens is 2. The topological polar surface area (TPSA) is 49.8 Å². The SMILES string of the molecule is CNc1cc(Nc2cccc(Cl)c2C)nc(C(C)C)n1. The molecular formula is C15H19ClN4. The van der Waals surface area contributed by atoms with Gasteiger partial charge in [0, 0.05) is 29.7 Å². The molecule has 106 valence electrons. The van der Waals surface area contributed by atoms with Crippen molar-refractivity contribution in [2.75, 3.05) is 17.7 Å². The maximum Gasteiger partial charge on any atom is 0.136 e. The van der Waals surface area contributed by atoms with E-state index in [4.69, 9.17) is 11.6 Å². The molecule has 0 amide bonds. The molecule has 0 fully saturated rings. The fourth-order valence-electron chi connectivity index (χ4n) is 1.80. The van der Waals surface area contributed by atoms with Crippen LogP contribution in [-0.2, 0) is 0 Å². The van der Waals surface area contributed by atoms with Crippen LogP contribution in [-0.4, -0.2) is 17.0 Å². The van der Waals surface area contributed by atoms with Crippen molar-refractivity contribution in [2.45, 2.75) is 26.7 Å². The fraction of sp³-hybridized carbons (Fsp3) is 0.333. The molecule has 2 rings (SSSR count). The zero-order valence-electron chi connectivity index (χ0n) is 12.2. The van der Waals surface area contributed by atoms with E-state index in [0.29, 0.717) is 0 Å². The van der Waals surface area contributed by atoms with Crippen LogP contribution < -0.4 is 10.6 Å². The van der Waals surface area contributed by atoms with Crippen LogP contribution in [0.15, 0.2) is 24.3 Å². The van der Waals surface area contributed by atoms with Crippen LogP contribution >= 0.6 is 11.6 Å². The van der Waals surface area contributed by atoms with Gasteiger partial charge in [-0.25, -0.2) is 9.97 Å². The van der Waals surface area contributed by atoms with Gasteiger partial charge in [0.2, 0.25) is 0 Å². The molecule has 2 N–H and O–H groups in total. The molecule has 0 aliphatic rings. The molecule has 0 saturated carbocycles. The highest BCUT2D eigenvalue weighted by atomic mass is 35.5. The normalized spacial score (nSPS) is 10.7. The van der Waals surface area contributed by atoms with Gasteiger partial charge in [-0.2, -0.15) is 0 Å². The summed E-state index contributed by atoms with van der Waals surface area (Å²) in [6.07, 6.45) is 0. The van der Waals surface area contributed by atoms with Gasteiger partial charge in [0.25, 0.3) is 0 Å². The van der Waals surface area contributed by atoms with Crippen LogP contribution in [0.1, 0.15) is 31.2 Å². The maximum absolute atomic E-state index is 6.14. The number of nitrogens with one attached hydrogen (secondary N) is 2.